The predicted octanol–water partition coefficient (Wildman–Crippen LogP) is 4.04. The second kappa shape index (κ2) is 7.61. The molecule has 0 N–H and O–H groups in total. The lowest BCUT2D eigenvalue weighted by atomic mass is 10.0. The summed E-state index contributed by atoms with van der Waals surface area (Å²) in [6, 6.07) is 14.9. The molecule has 138 valence electrons. The van der Waals surface area contributed by atoms with Gasteiger partial charge in [-0.3, -0.25) is 4.79 Å². The fourth-order valence-electron chi connectivity index (χ4n) is 3.34. The van der Waals surface area contributed by atoms with Gasteiger partial charge in [-0.25, -0.2) is 0 Å². The molecular formula is C21H21N3O3. The predicted molar refractivity (Wildman–Crippen MR) is 101 cm³/mol. The van der Waals surface area contributed by atoms with Crippen LogP contribution in [-0.4, -0.2) is 41.1 Å². The first-order chi connectivity index (χ1) is 13.3. The topological polar surface area (TPSA) is 68.5 Å². The summed E-state index contributed by atoms with van der Waals surface area (Å²) in [5.74, 6) is 1.55. The van der Waals surface area contributed by atoms with E-state index in [1.807, 2.05) is 53.4 Å². The summed E-state index contributed by atoms with van der Waals surface area (Å²) in [5.41, 5.74) is 2.05. The minimum Gasteiger partial charge on any atom is -0.497 e. The van der Waals surface area contributed by atoms with Gasteiger partial charge in [0.25, 0.3) is 11.8 Å². The van der Waals surface area contributed by atoms with Crippen LogP contribution >= 0.6 is 0 Å². The SMILES string of the molecule is COc1cccc(-c2noc(-c3ccccc3C(=O)N3CCCCC3)n2)c1. The summed E-state index contributed by atoms with van der Waals surface area (Å²) in [5, 5.41) is 4.08. The van der Waals surface area contributed by atoms with Crippen LogP contribution in [0.3, 0.4) is 0 Å². The molecule has 0 saturated carbocycles. The highest BCUT2D eigenvalue weighted by molar-refractivity contribution is 6.00. The van der Waals surface area contributed by atoms with E-state index in [0.29, 0.717) is 22.8 Å². The first-order valence-corrected chi connectivity index (χ1v) is 9.13. The van der Waals surface area contributed by atoms with E-state index in [-0.39, 0.29) is 5.91 Å². The van der Waals surface area contributed by atoms with Gasteiger partial charge in [0.1, 0.15) is 5.75 Å². The van der Waals surface area contributed by atoms with Gasteiger partial charge in [0.05, 0.1) is 18.2 Å². The molecule has 0 aliphatic carbocycles. The number of carbonyl (C=O) groups is 1. The number of piperidine rings is 1. The van der Waals surface area contributed by atoms with Gasteiger partial charge in [0.2, 0.25) is 5.82 Å². The van der Waals surface area contributed by atoms with E-state index in [1.165, 1.54) is 6.42 Å². The fourth-order valence-corrected chi connectivity index (χ4v) is 3.34. The summed E-state index contributed by atoms with van der Waals surface area (Å²) in [4.78, 5) is 19.4. The Morgan fingerprint density at radius 1 is 1.07 bits per heavy atom. The van der Waals surface area contributed by atoms with Gasteiger partial charge in [-0.1, -0.05) is 29.4 Å². The quantitative estimate of drug-likeness (QED) is 0.700. The molecule has 1 amide bonds. The standard InChI is InChI=1S/C21H21N3O3/c1-26-16-9-7-8-15(14-16)19-22-20(27-23-19)17-10-3-4-11-18(17)21(25)24-12-5-2-6-13-24/h3-4,7-11,14H,2,5-6,12-13H2,1H3. The van der Waals surface area contributed by atoms with Gasteiger partial charge >= 0.3 is 0 Å². The number of benzene rings is 2. The zero-order valence-electron chi connectivity index (χ0n) is 15.2. The van der Waals surface area contributed by atoms with Crippen molar-refractivity contribution < 1.29 is 14.1 Å². The lowest BCUT2D eigenvalue weighted by Gasteiger charge is -2.27. The van der Waals surface area contributed by atoms with Gasteiger partial charge in [-0.15, -0.1) is 0 Å². The number of aromatic nitrogens is 2. The number of methoxy groups -OCH3 is 1. The molecule has 0 unspecified atom stereocenters. The largest absolute Gasteiger partial charge is 0.497 e. The summed E-state index contributed by atoms with van der Waals surface area (Å²) in [7, 11) is 1.61. The average Bonchev–Trinajstić information content (AvgIpc) is 3.24. The zero-order valence-corrected chi connectivity index (χ0v) is 15.2. The Labute approximate surface area is 157 Å². The molecule has 0 atom stereocenters. The molecular weight excluding hydrogens is 342 g/mol. The highest BCUT2D eigenvalue weighted by Gasteiger charge is 2.23. The molecule has 2 heterocycles. The Hall–Kier alpha value is -3.15. The Kier molecular flexibility index (Phi) is 4.87. The molecule has 1 fully saturated rings. The first-order valence-electron chi connectivity index (χ1n) is 9.13. The number of likely N-dealkylation sites (tertiary alicyclic amines) is 1. The van der Waals surface area contributed by atoms with Crippen LogP contribution in [0.1, 0.15) is 29.6 Å². The van der Waals surface area contributed by atoms with Crippen molar-refractivity contribution in [2.75, 3.05) is 20.2 Å². The second-order valence-corrected chi connectivity index (χ2v) is 6.55. The minimum atomic E-state index is 0.0198. The number of carbonyl (C=O) groups excluding carboxylic acids is 1. The normalized spacial score (nSPS) is 14.2. The van der Waals surface area contributed by atoms with Crippen molar-refractivity contribution in [3.05, 3.63) is 54.1 Å². The maximum Gasteiger partial charge on any atom is 0.259 e. The van der Waals surface area contributed by atoms with E-state index in [2.05, 4.69) is 10.1 Å². The van der Waals surface area contributed by atoms with Crippen molar-refractivity contribution in [1.29, 1.82) is 0 Å². The third kappa shape index (κ3) is 3.56. The number of amides is 1. The third-order valence-electron chi connectivity index (χ3n) is 4.79. The second-order valence-electron chi connectivity index (χ2n) is 6.55. The summed E-state index contributed by atoms with van der Waals surface area (Å²) in [6.07, 6.45) is 3.28. The maximum absolute atomic E-state index is 13.0. The number of ether oxygens (including phenoxy) is 1. The molecule has 1 aromatic heterocycles. The van der Waals surface area contributed by atoms with E-state index in [4.69, 9.17) is 9.26 Å². The molecule has 1 aliphatic rings. The van der Waals surface area contributed by atoms with Gasteiger partial charge in [0, 0.05) is 18.7 Å². The van der Waals surface area contributed by atoms with Crippen LogP contribution in [0.2, 0.25) is 0 Å². The Morgan fingerprint density at radius 2 is 1.89 bits per heavy atom. The zero-order chi connectivity index (χ0) is 18.6. The van der Waals surface area contributed by atoms with Gasteiger partial charge < -0.3 is 14.2 Å². The molecule has 6 heteroatoms. The molecule has 0 spiro atoms. The number of hydrogen-bond donors (Lipinski definition) is 0. The van der Waals surface area contributed by atoms with Crippen LogP contribution < -0.4 is 4.74 Å². The lowest BCUT2D eigenvalue weighted by molar-refractivity contribution is 0.0725. The molecule has 6 nitrogen and oxygen atoms in total. The van der Waals surface area contributed by atoms with E-state index < -0.39 is 0 Å². The van der Waals surface area contributed by atoms with Crippen LogP contribution in [0.25, 0.3) is 22.8 Å². The number of rotatable bonds is 4. The number of nitrogens with zero attached hydrogens (tertiary/aromatic N) is 3. The van der Waals surface area contributed by atoms with E-state index in [0.717, 1.165) is 37.2 Å². The van der Waals surface area contributed by atoms with E-state index >= 15 is 0 Å². The summed E-state index contributed by atoms with van der Waals surface area (Å²) in [6.45, 7) is 1.60. The molecule has 4 rings (SSSR count). The number of hydrogen-bond acceptors (Lipinski definition) is 5. The molecule has 1 aliphatic heterocycles. The van der Waals surface area contributed by atoms with E-state index in [1.54, 1.807) is 7.11 Å². The summed E-state index contributed by atoms with van der Waals surface area (Å²) < 4.78 is 10.7. The van der Waals surface area contributed by atoms with Crippen LogP contribution in [0.15, 0.2) is 53.1 Å². The van der Waals surface area contributed by atoms with Crippen molar-refractivity contribution in [2.45, 2.75) is 19.3 Å². The lowest BCUT2D eigenvalue weighted by Crippen LogP contribution is -2.35. The molecule has 1 saturated heterocycles. The molecule has 0 radical (unpaired) electrons. The summed E-state index contributed by atoms with van der Waals surface area (Å²) >= 11 is 0. The highest BCUT2D eigenvalue weighted by Crippen LogP contribution is 2.28. The molecule has 3 aromatic rings. The van der Waals surface area contributed by atoms with Crippen molar-refractivity contribution in [3.8, 4) is 28.6 Å². The monoisotopic (exact) mass is 363 g/mol. The van der Waals surface area contributed by atoms with Crippen molar-refractivity contribution in [1.82, 2.24) is 15.0 Å². The van der Waals surface area contributed by atoms with Gasteiger partial charge in [-0.05, 0) is 43.5 Å². The van der Waals surface area contributed by atoms with Gasteiger partial charge in [-0.2, -0.15) is 4.98 Å². The Morgan fingerprint density at radius 3 is 2.70 bits per heavy atom. The minimum absolute atomic E-state index is 0.0198. The van der Waals surface area contributed by atoms with Crippen molar-refractivity contribution in [2.24, 2.45) is 0 Å². The van der Waals surface area contributed by atoms with Crippen molar-refractivity contribution in [3.63, 3.8) is 0 Å². The van der Waals surface area contributed by atoms with Crippen LogP contribution in [0, 0.1) is 0 Å². The average molecular weight is 363 g/mol. The molecule has 0 bridgehead atoms. The Bertz CT molecular complexity index is 945. The third-order valence-corrected chi connectivity index (χ3v) is 4.79. The van der Waals surface area contributed by atoms with E-state index in [9.17, 15) is 4.79 Å². The first kappa shape index (κ1) is 17.3. The molecule has 2 aromatic carbocycles. The van der Waals surface area contributed by atoms with Gasteiger partial charge in [0.15, 0.2) is 0 Å². The Balaban J connectivity index is 1.66. The smallest absolute Gasteiger partial charge is 0.259 e. The molecule has 27 heavy (non-hydrogen) atoms. The maximum atomic E-state index is 13.0. The van der Waals surface area contributed by atoms with Crippen molar-refractivity contribution >= 4 is 5.91 Å². The van der Waals surface area contributed by atoms with Crippen LogP contribution in [-0.2, 0) is 0 Å². The highest BCUT2D eigenvalue weighted by atomic mass is 16.5. The van der Waals surface area contributed by atoms with Crippen LogP contribution in [0.5, 0.6) is 5.75 Å². The van der Waals surface area contributed by atoms with Crippen LogP contribution in [0.4, 0.5) is 0 Å². The fraction of sp³-hybridized carbons (Fsp3) is 0.286.